The molecule has 0 saturated carbocycles. The van der Waals surface area contributed by atoms with Gasteiger partial charge < -0.3 is 12.4 Å². The molecule has 0 aromatic carbocycles. The van der Waals surface area contributed by atoms with Crippen LogP contribution in [0.3, 0.4) is 0 Å². The number of nitrogens with zero attached hydrogens (tertiary/aromatic N) is 2. The summed E-state index contributed by atoms with van der Waals surface area (Å²) in [6.45, 7) is 6.96. The van der Waals surface area contributed by atoms with Crippen LogP contribution in [-0.4, -0.2) is 4.57 Å². The second kappa shape index (κ2) is 17.3. The summed E-state index contributed by atoms with van der Waals surface area (Å²) in [5.41, 5.74) is 0. The van der Waals surface area contributed by atoms with Gasteiger partial charge in [-0.1, -0.05) is 78.1 Å². The second-order valence-electron chi connectivity index (χ2n) is 7.13. The molecule has 1 aromatic heterocycles. The molecule has 0 bridgehead atoms. The molecule has 0 saturated heterocycles. The van der Waals surface area contributed by atoms with E-state index in [4.69, 9.17) is 0 Å². The highest BCUT2D eigenvalue weighted by atomic mass is 35.5. The van der Waals surface area contributed by atoms with Gasteiger partial charge in [0, 0.05) is 0 Å². The van der Waals surface area contributed by atoms with Crippen LogP contribution in [0.1, 0.15) is 104 Å². The molecule has 1 heterocycles. The average molecular weight is 357 g/mol. The van der Waals surface area contributed by atoms with Crippen molar-refractivity contribution in [2.45, 2.75) is 117 Å². The summed E-state index contributed by atoms with van der Waals surface area (Å²) in [4.78, 5) is 0. The number of unbranched alkanes of at least 4 members (excludes halogenated alkanes) is 12. The minimum Gasteiger partial charge on any atom is -1.00 e. The zero-order valence-electron chi connectivity index (χ0n) is 16.3. The molecule has 0 radical (unpaired) electrons. The molecule has 142 valence electrons. The Balaban J connectivity index is 0.00000529. The van der Waals surface area contributed by atoms with Crippen LogP contribution in [0.25, 0.3) is 0 Å². The molecule has 0 atom stereocenters. The monoisotopic (exact) mass is 356 g/mol. The fourth-order valence-corrected chi connectivity index (χ4v) is 3.21. The topological polar surface area (TPSA) is 8.81 Å². The molecule has 24 heavy (non-hydrogen) atoms. The Labute approximate surface area is 157 Å². The first-order valence-corrected chi connectivity index (χ1v) is 10.4. The molecule has 3 heteroatoms. The Kier molecular flexibility index (Phi) is 17.0. The lowest BCUT2D eigenvalue weighted by molar-refractivity contribution is -0.696. The lowest BCUT2D eigenvalue weighted by Gasteiger charge is -2.00. The van der Waals surface area contributed by atoms with Crippen LogP contribution in [0.4, 0.5) is 0 Å². The van der Waals surface area contributed by atoms with Crippen LogP contribution in [0, 0.1) is 0 Å². The van der Waals surface area contributed by atoms with Crippen molar-refractivity contribution in [1.82, 2.24) is 4.57 Å². The smallest absolute Gasteiger partial charge is 0.243 e. The first-order chi connectivity index (χ1) is 11.4. The van der Waals surface area contributed by atoms with Crippen molar-refractivity contribution in [3.05, 3.63) is 18.7 Å². The highest BCUT2D eigenvalue weighted by Gasteiger charge is 2.03. The number of hydrogen-bond donors (Lipinski definition) is 0. The van der Waals surface area contributed by atoms with Crippen LogP contribution >= 0.6 is 0 Å². The zero-order valence-corrected chi connectivity index (χ0v) is 17.1. The molecule has 2 nitrogen and oxygen atoms in total. The number of aromatic nitrogens is 2. The van der Waals surface area contributed by atoms with Crippen LogP contribution in [0.5, 0.6) is 0 Å². The van der Waals surface area contributed by atoms with Gasteiger partial charge in [-0.3, -0.25) is 0 Å². The fraction of sp³-hybridized carbons (Fsp3) is 0.857. The van der Waals surface area contributed by atoms with E-state index in [0.717, 1.165) is 0 Å². The van der Waals surface area contributed by atoms with Gasteiger partial charge in [0.15, 0.2) is 0 Å². The van der Waals surface area contributed by atoms with Gasteiger partial charge in [0.2, 0.25) is 6.33 Å². The summed E-state index contributed by atoms with van der Waals surface area (Å²) in [6.07, 6.45) is 26.3. The SMILES string of the molecule is CCCCCCCCCn1cc[n+](CCCCCCCCC)c1.[Cl-]. The van der Waals surface area contributed by atoms with Crippen LogP contribution in [0.2, 0.25) is 0 Å². The van der Waals surface area contributed by atoms with Crippen LogP contribution in [-0.2, 0) is 13.1 Å². The molecule has 0 N–H and O–H groups in total. The lowest BCUT2D eigenvalue weighted by atomic mass is 10.1. The molecule has 0 amide bonds. The zero-order chi connectivity index (χ0) is 16.6. The van der Waals surface area contributed by atoms with Gasteiger partial charge in [-0.25, -0.2) is 9.13 Å². The first-order valence-electron chi connectivity index (χ1n) is 10.4. The molecule has 0 unspecified atom stereocenters. The molecule has 0 aliphatic carbocycles. The summed E-state index contributed by atoms with van der Waals surface area (Å²) in [5.74, 6) is 0. The maximum absolute atomic E-state index is 2.37. The molecule has 1 rings (SSSR count). The standard InChI is InChI=1S/C21H41N2.ClH/c1-3-5-7-9-11-13-15-17-22-19-20-23(21-22)18-16-14-12-10-8-6-4-2;/h19-21H,3-18H2,1-2H3;1H/q+1;/p-1. The Hall–Kier alpha value is -0.500. The summed E-state index contributed by atoms with van der Waals surface area (Å²) < 4.78 is 4.74. The Morgan fingerprint density at radius 1 is 0.667 bits per heavy atom. The first kappa shape index (κ1) is 23.5. The highest BCUT2D eigenvalue weighted by molar-refractivity contribution is 4.66. The average Bonchev–Trinajstić information content (AvgIpc) is 3.01. The predicted octanol–water partition coefficient (Wildman–Crippen LogP) is 3.28. The van der Waals surface area contributed by atoms with Crippen LogP contribution in [0.15, 0.2) is 18.7 Å². The third kappa shape index (κ3) is 12.9. The Morgan fingerprint density at radius 3 is 1.75 bits per heavy atom. The second-order valence-corrected chi connectivity index (χ2v) is 7.13. The van der Waals surface area contributed by atoms with Crippen molar-refractivity contribution in [2.24, 2.45) is 0 Å². The van der Waals surface area contributed by atoms with Crippen LogP contribution < -0.4 is 17.0 Å². The molecular formula is C21H41ClN2. The Bertz CT molecular complexity index is 330. The van der Waals surface area contributed by atoms with Gasteiger partial charge in [-0.15, -0.1) is 0 Å². The van der Waals surface area contributed by atoms with Crippen molar-refractivity contribution in [3.63, 3.8) is 0 Å². The van der Waals surface area contributed by atoms with E-state index in [0.29, 0.717) is 0 Å². The van der Waals surface area contributed by atoms with Gasteiger partial charge in [0.05, 0.1) is 13.1 Å². The number of aryl methyl sites for hydroxylation is 2. The summed E-state index contributed by atoms with van der Waals surface area (Å²) >= 11 is 0. The van der Waals surface area contributed by atoms with Crippen molar-refractivity contribution >= 4 is 0 Å². The fourth-order valence-electron chi connectivity index (χ4n) is 3.21. The van der Waals surface area contributed by atoms with E-state index in [1.54, 1.807) is 0 Å². The van der Waals surface area contributed by atoms with Crippen molar-refractivity contribution in [3.8, 4) is 0 Å². The number of halogens is 1. The van der Waals surface area contributed by atoms with Gasteiger partial charge in [-0.2, -0.15) is 0 Å². The van der Waals surface area contributed by atoms with E-state index in [1.807, 2.05) is 0 Å². The van der Waals surface area contributed by atoms with Gasteiger partial charge in [-0.05, 0) is 25.7 Å². The van der Waals surface area contributed by atoms with E-state index < -0.39 is 0 Å². The molecule has 0 fully saturated rings. The molecule has 1 aromatic rings. The molecule has 0 spiro atoms. The van der Waals surface area contributed by atoms with Gasteiger partial charge >= 0.3 is 0 Å². The Morgan fingerprint density at radius 2 is 1.17 bits per heavy atom. The minimum absolute atomic E-state index is 0. The van der Waals surface area contributed by atoms with E-state index in [1.165, 1.54) is 103 Å². The molecular weight excluding hydrogens is 316 g/mol. The van der Waals surface area contributed by atoms with E-state index in [9.17, 15) is 0 Å². The van der Waals surface area contributed by atoms with Crippen molar-refractivity contribution < 1.29 is 17.0 Å². The van der Waals surface area contributed by atoms with E-state index >= 15 is 0 Å². The van der Waals surface area contributed by atoms with Crippen molar-refractivity contribution in [2.75, 3.05) is 0 Å². The lowest BCUT2D eigenvalue weighted by Crippen LogP contribution is -3.00. The third-order valence-corrected chi connectivity index (χ3v) is 4.79. The van der Waals surface area contributed by atoms with E-state index in [2.05, 4.69) is 41.7 Å². The maximum Gasteiger partial charge on any atom is 0.243 e. The number of hydrogen-bond acceptors (Lipinski definition) is 0. The molecule has 0 aliphatic heterocycles. The minimum atomic E-state index is 0. The van der Waals surface area contributed by atoms with Gasteiger partial charge in [0.25, 0.3) is 0 Å². The highest BCUT2D eigenvalue weighted by Crippen LogP contribution is 2.08. The maximum atomic E-state index is 2.37. The number of rotatable bonds is 16. The van der Waals surface area contributed by atoms with E-state index in [-0.39, 0.29) is 12.4 Å². The normalized spacial score (nSPS) is 10.8. The third-order valence-electron chi connectivity index (χ3n) is 4.79. The van der Waals surface area contributed by atoms with Crippen molar-refractivity contribution in [1.29, 1.82) is 0 Å². The summed E-state index contributed by atoms with van der Waals surface area (Å²) in [6, 6.07) is 0. The number of imidazole rings is 1. The largest absolute Gasteiger partial charge is 1.00 e. The predicted molar refractivity (Wildman–Crippen MR) is 101 cm³/mol. The summed E-state index contributed by atoms with van der Waals surface area (Å²) in [5, 5.41) is 0. The molecule has 0 aliphatic rings. The van der Waals surface area contributed by atoms with Gasteiger partial charge in [0.1, 0.15) is 12.4 Å². The quantitative estimate of drug-likeness (QED) is 0.317. The summed E-state index contributed by atoms with van der Waals surface area (Å²) in [7, 11) is 0.